The highest BCUT2D eigenvalue weighted by molar-refractivity contribution is 6.31. The highest BCUT2D eigenvalue weighted by atomic mass is 16.4. The number of oxazole rings is 1. The van der Waals surface area contributed by atoms with Crippen molar-refractivity contribution in [2.24, 2.45) is 0 Å². The van der Waals surface area contributed by atoms with Crippen LogP contribution in [0, 0.1) is 0 Å². The normalized spacial score (nSPS) is 12.6. The second kappa shape index (κ2) is 13.3. The summed E-state index contributed by atoms with van der Waals surface area (Å²) in [5.41, 5.74) is 13.4. The Hall–Kier alpha value is -5.99. The highest BCUT2D eigenvalue weighted by Gasteiger charge is 2.24. The molecule has 0 N–H and O–H groups in total. The molecule has 1 heterocycles. The van der Waals surface area contributed by atoms with E-state index in [-0.39, 0.29) is 16.2 Å². The third-order valence-electron chi connectivity index (χ3n) is 11.9. The first-order chi connectivity index (χ1) is 27.1. The molecule has 9 rings (SSSR count). The first-order valence-electron chi connectivity index (χ1n) is 20.3. The van der Waals surface area contributed by atoms with Gasteiger partial charge in [-0.3, -0.25) is 0 Å². The molecule has 57 heavy (non-hydrogen) atoms. The maximum Gasteiger partial charge on any atom is 0.227 e. The summed E-state index contributed by atoms with van der Waals surface area (Å²) < 4.78 is 6.65. The van der Waals surface area contributed by atoms with Crippen molar-refractivity contribution in [2.45, 2.75) is 78.6 Å². The van der Waals surface area contributed by atoms with Gasteiger partial charge in [0.2, 0.25) is 5.89 Å². The molecule has 0 aliphatic carbocycles. The van der Waals surface area contributed by atoms with Crippen LogP contribution in [-0.4, -0.2) is 4.98 Å². The molecule has 2 nitrogen and oxygen atoms in total. The monoisotopic (exact) mass is 741 g/mol. The maximum absolute atomic E-state index is 6.65. The molecule has 0 unspecified atom stereocenters. The highest BCUT2D eigenvalue weighted by Crippen LogP contribution is 2.49. The average Bonchev–Trinajstić information content (AvgIpc) is 3.69. The predicted molar refractivity (Wildman–Crippen MR) is 243 cm³/mol. The van der Waals surface area contributed by atoms with Gasteiger partial charge in [0.15, 0.2) is 5.76 Å². The Balaban J connectivity index is 1.37. The summed E-state index contributed by atoms with van der Waals surface area (Å²) in [6.45, 7) is 20.5. The van der Waals surface area contributed by atoms with Crippen LogP contribution in [0.4, 0.5) is 0 Å². The fourth-order valence-electron chi connectivity index (χ4n) is 8.47. The second-order valence-corrected chi connectivity index (χ2v) is 18.9. The van der Waals surface area contributed by atoms with Crippen molar-refractivity contribution >= 4 is 32.3 Å². The Bertz CT molecular complexity index is 2810. The molecule has 8 aromatic carbocycles. The van der Waals surface area contributed by atoms with E-state index in [9.17, 15) is 0 Å². The second-order valence-electron chi connectivity index (χ2n) is 18.9. The molecule has 9 aromatic rings. The van der Waals surface area contributed by atoms with Crippen LogP contribution in [0.1, 0.15) is 79.0 Å². The van der Waals surface area contributed by atoms with Gasteiger partial charge in [0.25, 0.3) is 0 Å². The van der Waals surface area contributed by atoms with E-state index in [1.165, 1.54) is 77.0 Å². The minimum atomic E-state index is 0.0568. The van der Waals surface area contributed by atoms with E-state index in [2.05, 4.69) is 184 Å². The van der Waals surface area contributed by atoms with Gasteiger partial charge < -0.3 is 4.42 Å². The third-order valence-corrected chi connectivity index (χ3v) is 11.9. The van der Waals surface area contributed by atoms with Crippen LogP contribution in [0.25, 0.3) is 88.5 Å². The van der Waals surface area contributed by atoms with Crippen molar-refractivity contribution in [3.05, 3.63) is 162 Å². The van der Waals surface area contributed by atoms with Crippen LogP contribution in [0.2, 0.25) is 0 Å². The van der Waals surface area contributed by atoms with Gasteiger partial charge >= 0.3 is 0 Å². The minimum absolute atomic E-state index is 0.0568. The van der Waals surface area contributed by atoms with Crippen molar-refractivity contribution in [3.8, 4) is 56.2 Å². The van der Waals surface area contributed by atoms with Gasteiger partial charge in [-0.1, -0.05) is 190 Å². The summed E-state index contributed by atoms with van der Waals surface area (Å²) in [5.74, 6) is 1.38. The number of rotatable bonds is 5. The summed E-state index contributed by atoms with van der Waals surface area (Å²) >= 11 is 0. The molecule has 0 spiro atoms. The van der Waals surface area contributed by atoms with Crippen LogP contribution in [0.15, 0.2) is 150 Å². The SMILES string of the molecule is CC(C)(C)c1ccc(-c2cc(-c3ccc(C(C)(C)C)cc3)c3ccc4c(-c5ncc(-c6ccccc6)o5)cc(-c5ccc(C(C)(C)C)cc5)c5ccc2c3c54)cc1. The molecule has 0 aliphatic heterocycles. The van der Waals surface area contributed by atoms with Gasteiger partial charge in [-0.25, -0.2) is 4.98 Å². The summed E-state index contributed by atoms with van der Waals surface area (Å²) in [6.07, 6.45) is 1.86. The molecular formula is C55H51NO. The summed E-state index contributed by atoms with van der Waals surface area (Å²) in [5, 5.41) is 7.34. The van der Waals surface area contributed by atoms with Gasteiger partial charge in [-0.05, 0) is 111 Å². The maximum atomic E-state index is 6.65. The standard InChI is InChI=1S/C55H51NO/c1-53(2,3)38-21-15-34(16-22-38)45-31-46(35-17-23-39(24-18-35)54(4,5)6)42-29-30-44-48(52-56-33-49(57-52)37-13-11-10-12-14-37)32-47(43-28-27-41(45)50(42)51(43)44)36-19-25-40(26-20-36)55(7,8)9/h10-33H,1-9H3. The smallest absolute Gasteiger partial charge is 0.227 e. The molecule has 2 heteroatoms. The lowest BCUT2D eigenvalue weighted by Gasteiger charge is -2.23. The Morgan fingerprint density at radius 2 is 0.719 bits per heavy atom. The van der Waals surface area contributed by atoms with Crippen LogP contribution in [0.5, 0.6) is 0 Å². The molecule has 0 saturated carbocycles. The molecule has 0 atom stereocenters. The summed E-state index contributed by atoms with van der Waals surface area (Å²) in [4.78, 5) is 4.95. The van der Waals surface area contributed by atoms with Gasteiger partial charge in [-0.2, -0.15) is 0 Å². The lowest BCUT2D eigenvalue weighted by molar-refractivity contribution is 0.589. The number of aromatic nitrogens is 1. The summed E-state index contributed by atoms with van der Waals surface area (Å²) in [6, 6.07) is 51.9. The van der Waals surface area contributed by atoms with Gasteiger partial charge in [-0.15, -0.1) is 0 Å². The molecule has 0 bridgehead atoms. The van der Waals surface area contributed by atoms with Crippen LogP contribution in [-0.2, 0) is 16.2 Å². The van der Waals surface area contributed by atoms with E-state index in [0.29, 0.717) is 5.89 Å². The molecule has 0 radical (unpaired) electrons. The first kappa shape index (κ1) is 36.6. The molecule has 0 fully saturated rings. The Morgan fingerprint density at radius 1 is 0.368 bits per heavy atom. The van der Waals surface area contributed by atoms with Crippen LogP contribution in [0.3, 0.4) is 0 Å². The largest absolute Gasteiger partial charge is 0.436 e. The Labute approximate surface area is 337 Å². The van der Waals surface area contributed by atoms with Crippen LogP contribution < -0.4 is 0 Å². The third kappa shape index (κ3) is 6.52. The van der Waals surface area contributed by atoms with E-state index in [1.54, 1.807) is 0 Å². The lowest BCUT2D eigenvalue weighted by Crippen LogP contribution is -2.10. The fraction of sp³-hybridized carbons (Fsp3) is 0.218. The first-order valence-corrected chi connectivity index (χ1v) is 20.3. The zero-order valence-corrected chi connectivity index (χ0v) is 34.7. The van der Waals surface area contributed by atoms with Crippen molar-refractivity contribution in [1.82, 2.24) is 4.98 Å². The lowest BCUT2D eigenvalue weighted by atomic mass is 9.81. The Kier molecular flexibility index (Phi) is 8.55. The van der Waals surface area contributed by atoms with Crippen molar-refractivity contribution in [3.63, 3.8) is 0 Å². The predicted octanol–water partition coefficient (Wildman–Crippen LogP) is 15.8. The number of nitrogens with zero attached hydrogens (tertiary/aromatic N) is 1. The van der Waals surface area contributed by atoms with Crippen molar-refractivity contribution in [2.75, 3.05) is 0 Å². The number of benzene rings is 8. The summed E-state index contributed by atoms with van der Waals surface area (Å²) in [7, 11) is 0. The van der Waals surface area contributed by atoms with E-state index in [0.717, 1.165) is 22.3 Å². The molecule has 0 aliphatic rings. The topological polar surface area (TPSA) is 26.0 Å². The van der Waals surface area contributed by atoms with Gasteiger partial charge in [0, 0.05) is 11.1 Å². The molecular weight excluding hydrogens is 691 g/mol. The van der Waals surface area contributed by atoms with E-state index in [4.69, 9.17) is 9.40 Å². The number of hydrogen-bond donors (Lipinski definition) is 0. The minimum Gasteiger partial charge on any atom is -0.436 e. The fourth-order valence-corrected chi connectivity index (χ4v) is 8.47. The molecule has 1 aromatic heterocycles. The molecule has 0 amide bonds. The van der Waals surface area contributed by atoms with Gasteiger partial charge in [0.1, 0.15) is 0 Å². The molecule has 0 saturated heterocycles. The molecule has 282 valence electrons. The Morgan fingerprint density at radius 3 is 1.09 bits per heavy atom. The van der Waals surface area contributed by atoms with Crippen molar-refractivity contribution in [1.29, 1.82) is 0 Å². The van der Waals surface area contributed by atoms with E-state index >= 15 is 0 Å². The van der Waals surface area contributed by atoms with E-state index in [1.807, 2.05) is 24.4 Å². The van der Waals surface area contributed by atoms with Crippen molar-refractivity contribution < 1.29 is 4.42 Å². The quantitative estimate of drug-likeness (QED) is 0.164. The van der Waals surface area contributed by atoms with E-state index < -0.39 is 0 Å². The zero-order chi connectivity index (χ0) is 39.9. The van der Waals surface area contributed by atoms with Gasteiger partial charge in [0.05, 0.1) is 6.20 Å². The van der Waals surface area contributed by atoms with Crippen LogP contribution >= 0.6 is 0 Å². The zero-order valence-electron chi connectivity index (χ0n) is 34.7. The average molecular weight is 742 g/mol. The number of hydrogen-bond acceptors (Lipinski definition) is 2.